The number of aromatic nitrogens is 2. The fourth-order valence-corrected chi connectivity index (χ4v) is 6.16. The van der Waals surface area contributed by atoms with Gasteiger partial charge in [0.15, 0.2) is 5.13 Å². The highest BCUT2D eigenvalue weighted by Crippen LogP contribution is 2.45. The number of nitrogens with one attached hydrogen (secondary N) is 2. The van der Waals surface area contributed by atoms with Gasteiger partial charge < -0.3 is 24.7 Å². The minimum atomic E-state index is -0.665. The zero-order valence-electron chi connectivity index (χ0n) is 20.9. The molecule has 0 radical (unpaired) electrons. The highest BCUT2D eigenvalue weighted by molar-refractivity contribution is 7.22. The summed E-state index contributed by atoms with van der Waals surface area (Å²) in [7, 11) is 3.22. The third-order valence-electron chi connectivity index (χ3n) is 7.02. The van der Waals surface area contributed by atoms with Crippen LogP contribution in [0.1, 0.15) is 33.4 Å². The van der Waals surface area contributed by atoms with Crippen molar-refractivity contribution in [3.05, 3.63) is 89.6 Å². The molecule has 2 amide bonds. The van der Waals surface area contributed by atoms with Gasteiger partial charge >= 0.3 is 0 Å². The summed E-state index contributed by atoms with van der Waals surface area (Å²) >= 11 is 1.39. The molecule has 192 valence electrons. The molecular formula is C29H26N4O4S. The third-order valence-corrected chi connectivity index (χ3v) is 7.96. The normalized spacial score (nSPS) is 17.1. The number of H-pyrrole nitrogens is 1. The van der Waals surface area contributed by atoms with Crippen LogP contribution in [0.2, 0.25) is 0 Å². The van der Waals surface area contributed by atoms with E-state index in [1.165, 1.54) is 11.3 Å². The van der Waals surface area contributed by atoms with Gasteiger partial charge in [-0.05, 0) is 35.9 Å². The number of hydrogen-bond donors (Lipinski definition) is 2. The average Bonchev–Trinajstić information content (AvgIpc) is 3.55. The van der Waals surface area contributed by atoms with Crippen molar-refractivity contribution in [1.29, 1.82) is 0 Å². The molecule has 1 aliphatic rings. The molecule has 9 heteroatoms. The molecule has 0 saturated carbocycles. The molecule has 0 bridgehead atoms. The van der Waals surface area contributed by atoms with Gasteiger partial charge in [0.1, 0.15) is 5.75 Å². The lowest BCUT2D eigenvalue weighted by molar-refractivity contribution is -0.119. The standard InChI is InChI=1S/C29H26N4O4S/c1-36-14-13-33-26(21-16-30-22-10-6-5-7-18(21)22)25(19-8-3-4-9-20(19)28(33)35)27(34)32-29-31-23-12-11-17(37-2)15-24(23)38-29/h3-12,15-16,25-26,30H,13-14H2,1-2H3,(H,31,32,34). The number of anilines is 1. The van der Waals surface area contributed by atoms with E-state index >= 15 is 0 Å². The molecule has 8 nitrogen and oxygen atoms in total. The number of para-hydroxylation sites is 1. The second-order valence-electron chi connectivity index (χ2n) is 9.13. The summed E-state index contributed by atoms with van der Waals surface area (Å²) in [4.78, 5) is 37.6. The van der Waals surface area contributed by atoms with E-state index in [9.17, 15) is 9.59 Å². The zero-order chi connectivity index (χ0) is 26.2. The molecule has 2 unspecified atom stereocenters. The summed E-state index contributed by atoms with van der Waals surface area (Å²) in [5.41, 5.74) is 3.82. The van der Waals surface area contributed by atoms with Crippen LogP contribution in [-0.2, 0) is 9.53 Å². The molecule has 2 aromatic heterocycles. The Kier molecular flexibility index (Phi) is 6.30. The van der Waals surface area contributed by atoms with E-state index < -0.39 is 12.0 Å². The van der Waals surface area contributed by atoms with Gasteiger partial charge in [-0.3, -0.25) is 9.59 Å². The molecular weight excluding hydrogens is 500 g/mol. The van der Waals surface area contributed by atoms with Gasteiger partial charge in [0.2, 0.25) is 5.91 Å². The third kappa shape index (κ3) is 4.09. The van der Waals surface area contributed by atoms with Crippen molar-refractivity contribution in [3.63, 3.8) is 0 Å². The van der Waals surface area contributed by atoms with E-state index in [1.807, 2.05) is 66.9 Å². The summed E-state index contributed by atoms with van der Waals surface area (Å²) in [5.74, 6) is -0.286. The second-order valence-corrected chi connectivity index (χ2v) is 10.2. The Morgan fingerprint density at radius 3 is 2.74 bits per heavy atom. The number of benzene rings is 3. The van der Waals surface area contributed by atoms with Crippen LogP contribution in [0.15, 0.2) is 72.9 Å². The molecule has 0 fully saturated rings. The number of carbonyl (C=O) groups excluding carboxylic acids is 2. The van der Waals surface area contributed by atoms with Crippen molar-refractivity contribution >= 4 is 49.4 Å². The lowest BCUT2D eigenvalue weighted by Crippen LogP contribution is -2.47. The largest absolute Gasteiger partial charge is 0.497 e. The Labute approximate surface area is 223 Å². The topological polar surface area (TPSA) is 96.6 Å². The predicted molar refractivity (Wildman–Crippen MR) is 148 cm³/mol. The van der Waals surface area contributed by atoms with Crippen LogP contribution in [0.3, 0.4) is 0 Å². The van der Waals surface area contributed by atoms with Crippen molar-refractivity contribution in [2.75, 3.05) is 32.7 Å². The van der Waals surface area contributed by atoms with E-state index in [0.717, 1.165) is 32.4 Å². The molecule has 0 aliphatic carbocycles. The monoisotopic (exact) mass is 526 g/mol. The van der Waals surface area contributed by atoms with Crippen LogP contribution in [0.4, 0.5) is 5.13 Å². The number of nitrogens with zero attached hydrogens (tertiary/aromatic N) is 2. The molecule has 3 aromatic carbocycles. The molecule has 6 rings (SSSR count). The van der Waals surface area contributed by atoms with Gasteiger partial charge in [-0.25, -0.2) is 4.98 Å². The highest BCUT2D eigenvalue weighted by atomic mass is 32.1. The number of hydrogen-bond acceptors (Lipinski definition) is 6. The Hall–Kier alpha value is -4.21. The van der Waals surface area contributed by atoms with E-state index in [1.54, 1.807) is 25.2 Å². The molecule has 2 N–H and O–H groups in total. The summed E-state index contributed by atoms with van der Waals surface area (Å²) in [5, 5.41) is 4.52. The fourth-order valence-electron chi connectivity index (χ4n) is 5.26. The fraction of sp³-hybridized carbons (Fsp3) is 0.207. The van der Waals surface area contributed by atoms with Crippen molar-refractivity contribution in [2.24, 2.45) is 0 Å². The van der Waals surface area contributed by atoms with Gasteiger partial charge in [0.05, 0.1) is 35.9 Å². The van der Waals surface area contributed by atoms with Crippen molar-refractivity contribution in [1.82, 2.24) is 14.9 Å². The van der Waals surface area contributed by atoms with Crippen molar-refractivity contribution < 1.29 is 19.1 Å². The van der Waals surface area contributed by atoms with Gasteiger partial charge in [-0.1, -0.05) is 47.7 Å². The van der Waals surface area contributed by atoms with Crippen LogP contribution >= 0.6 is 11.3 Å². The van der Waals surface area contributed by atoms with E-state index in [2.05, 4.69) is 15.3 Å². The first-order valence-corrected chi connectivity index (χ1v) is 13.1. The maximum Gasteiger partial charge on any atom is 0.254 e. The van der Waals surface area contributed by atoms with Gasteiger partial charge in [-0.2, -0.15) is 0 Å². The zero-order valence-corrected chi connectivity index (χ0v) is 21.7. The summed E-state index contributed by atoms with van der Waals surface area (Å²) in [6.45, 7) is 0.694. The van der Waals surface area contributed by atoms with Crippen molar-refractivity contribution in [3.8, 4) is 5.75 Å². The summed E-state index contributed by atoms with van der Waals surface area (Å²) < 4.78 is 11.6. The van der Waals surface area contributed by atoms with E-state index in [-0.39, 0.29) is 11.8 Å². The first-order chi connectivity index (χ1) is 18.6. The van der Waals surface area contributed by atoms with Crippen LogP contribution in [0, 0.1) is 0 Å². The maximum absolute atomic E-state index is 14.1. The first-order valence-electron chi connectivity index (χ1n) is 12.3. The molecule has 0 spiro atoms. The maximum atomic E-state index is 14.1. The molecule has 3 heterocycles. The minimum absolute atomic E-state index is 0.121. The van der Waals surface area contributed by atoms with Gasteiger partial charge in [-0.15, -0.1) is 0 Å². The minimum Gasteiger partial charge on any atom is -0.497 e. The van der Waals surface area contributed by atoms with Gasteiger partial charge in [0, 0.05) is 41.9 Å². The number of amides is 2. The van der Waals surface area contributed by atoms with Crippen LogP contribution in [-0.4, -0.2) is 54.1 Å². The van der Waals surface area contributed by atoms with E-state index in [4.69, 9.17) is 9.47 Å². The summed E-state index contributed by atoms with van der Waals surface area (Å²) in [6.07, 6.45) is 1.90. The number of aromatic amines is 1. The Morgan fingerprint density at radius 1 is 1.08 bits per heavy atom. The Morgan fingerprint density at radius 2 is 1.89 bits per heavy atom. The Balaban J connectivity index is 1.47. The van der Waals surface area contributed by atoms with Crippen LogP contribution in [0.25, 0.3) is 21.1 Å². The molecule has 38 heavy (non-hydrogen) atoms. The molecule has 0 saturated heterocycles. The van der Waals surface area contributed by atoms with E-state index in [0.29, 0.717) is 29.4 Å². The van der Waals surface area contributed by atoms with Crippen molar-refractivity contribution in [2.45, 2.75) is 12.0 Å². The van der Waals surface area contributed by atoms with Crippen LogP contribution < -0.4 is 10.1 Å². The molecule has 1 aliphatic heterocycles. The van der Waals surface area contributed by atoms with Crippen LogP contribution in [0.5, 0.6) is 5.75 Å². The Bertz CT molecular complexity index is 1660. The average molecular weight is 527 g/mol. The molecule has 2 atom stereocenters. The highest BCUT2D eigenvalue weighted by Gasteiger charge is 2.45. The second kappa shape index (κ2) is 9.92. The molecule has 5 aromatic rings. The number of methoxy groups -OCH3 is 2. The number of fused-ring (bicyclic) bond motifs is 3. The smallest absolute Gasteiger partial charge is 0.254 e. The van der Waals surface area contributed by atoms with Gasteiger partial charge in [0.25, 0.3) is 5.91 Å². The number of rotatable bonds is 7. The number of ether oxygens (including phenoxy) is 2. The SMILES string of the molecule is COCCN1C(=O)c2ccccc2C(C(=O)Nc2nc3ccc(OC)cc3s2)C1c1c[nH]c2ccccc12. The lowest BCUT2D eigenvalue weighted by atomic mass is 9.79. The quantitative estimate of drug-likeness (QED) is 0.298. The predicted octanol–water partition coefficient (Wildman–Crippen LogP) is 5.35. The lowest BCUT2D eigenvalue weighted by Gasteiger charge is -2.41. The summed E-state index contributed by atoms with van der Waals surface area (Å²) in [6, 6.07) is 20.3. The first kappa shape index (κ1) is 24.1. The number of carbonyl (C=O) groups is 2. The number of thiazole rings is 1.